The van der Waals surface area contributed by atoms with Gasteiger partial charge < -0.3 is 4.90 Å². The van der Waals surface area contributed by atoms with Gasteiger partial charge in [0.2, 0.25) is 11.8 Å². The molecule has 2 heterocycles. The molecular weight excluding hydrogens is 421 g/mol. The van der Waals surface area contributed by atoms with Gasteiger partial charge in [0.1, 0.15) is 0 Å². The quantitative estimate of drug-likeness (QED) is 0.627. The van der Waals surface area contributed by atoms with Crippen molar-refractivity contribution in [3.63, 3.8) is 0 Å². The van der Waals surface area contributed by atoms with Crippen molar-refractivity contribution in [3.8, 4) is 0 Å². The molecule has 2 amide bonds. The number of imide groups is 1. The lowest BCUT2D eigenvalue weighted by Crippen LogP contribution is -2.52. The molecule has 1 aliphatic carbocycles. The maximum absolute atomic E-state index is 12.8. The molecular formula is C23H31Cl2N3O2. The minimum Gasteiger partial charge on any atom is -0.368 e. The number of anilines is 1. The van der Waals surface area contributed by atoms with Gasteiger partial charge in [-0.2, -0.15) is 0 Å². The highest BCUT2D eigenvalue weighted by atomic mass is 35.5. The first kappa shape index (κ1) is 21.9. The highest BCUT2D eigenvalue weighted by molar-refractivity contribution is 6.35. The van der Waals surface area contributed by atoms with Gasteiger partial charge in [0.15, 0.2) is 0 Å². The first-order valence-corrected chi connectivity index (χ1v) is 12.0. The summed E-state index contributed by atoms with van der Waals surface area (Å²) in [5.74, 6) is 0.0787. The van der Waals surface area contributed by atoms with E-state index in [0.717, 1.165) is 64.1 Å². The predicted molar refractivity (Wildman–Crippen MR) is 121 cm³/mol. The van der Waals surface area contributed by atoms with Gasteiger partial charge in [0.25, 0.3) is 0 Å². The lowest BCUT2D eigenvalue weighted by Gasteiger charge is -2.41. The smallest absolute Gasteiger partial charge is 0.229 e. The van der Waals surface area contributed by atoms with Gasteiger partial charge in [-0.25, -0.2) is 0 Å². The van der Waals surface area contributed by atoms with E-state index in [1.807, 2.05) is 12.1 Å². The Bertz CT molecular complexity index is 765. The van der Waals surface area contributed by atoms with Gasteiger partial charge in [-0.1, -0.05) is 48.9 Å². The Morgan fingerprint density at radius 1 is 0.833 bits per heavy atom. The molecule has 164 valence electrons. The Hall–Kier alpha value is -1.30. The Kier molecular flexibility index (Phi) is 6.91. The highest BCUT2D eigenvalue weighted by Crippen LogP contribution is 2.44. The van der Waals surface area contributed by atoms with Crippen LogP contribution < -0.4 is 4.90 Å². The lowest BCUT2D eigenvalue weighted by molar-refractivity contribution is -0.154. The molecule has 2 saturated heterocycles. The maximum Gasteiger partial charge on any atom is 0.229 e. The van der Waals surface area contributed by atoms with Gasteiger partial charge in [-0.15, -0.1) is 0 Å². The summed E-state index contributed by atoms with van der Waals surface area (Å²) in [5.41, 5.74) is 0.919. The third-order valence-electron chi connectivity index (χ3n) is 7.08. The maximum atomic E-state index is 12.8. The van der Waals surface area contributed by atoms with Crippen molar-refractivity contribution < 1.29 is 9.59 Å². The van der Waals surface area contributed by atoms with Crippen LogP contribution in [0.4, 0.5) is 5.69 Å². The number of piperidine rings is 1. The van der Waals surface area contributed by atoms with Gasteiger partial charge in [-0.3, -0.25) is 19.4 Å². The fraction of sp³-hybridized carbons (Fsp3) is 0.652. The van der Waals surface area contributed by atoms with Crippen LogP contribution in [0, 0.1) is 5.41 Å². The molecule has 7 heteroatoms. The Morgan fingerprint density at radius 2 is 1.47 bits per heavy atom. The Balaban J connectivity index is 1.28. The third kappa shape index (κ3) is 4.95. The van der Waals surface area contributed by atoms with Crippen LogP contribution in [0.25, 0.3) is 0 Å². The number of piperazine rings is 1. The number of amides is 2. The van der Waals surface area contributed by atoms with Gasteiger partial charge >= 0.3 is 0 Å². The summed E-state index contributed by atoms with van der Waals surface area (Å²) < 4.78 is 0. The second-order valence-corrected chi connectivity index (χ2v) is 9.97. The van der Waals surface area contributed by atoms with Crippen LogP contribution >= 0.6 is 23.2 Å². The summed E-state index contributed by atoms with van der Waals surface area (Å²) in [6.07, 6.45) is 7.96. The molecule has 1 saturated carbocycles. The van der Waals surface area contributed by atoms with E-state index in [1.165, 1.54) is 17.7 Å². The number of carbonyl (C=O) groups is 2. The standard InChI is InChI=1S/C23H31Cl2N3O2/c24-18-5-6-19(25)20(15-18)27-12-9-26(10-13-27)11-14-28-21(29)16-23(17-22(28)30)7-3-1-2-4-8-23/h5-6,15H,1-4,7-14,16-17H2. The first-order valence-electron chi connectivity index (χ1n) is 11.2. The predicted octanol–water partition coefficient (Wildman–Crippen LogP) is 4.61. The van der Waals surface area contributed by atoms with Crippen molar-refractivity contribution in [3.05, 3.63) is 28.2 Å². The largest absolute Gasteiger partial charge is 0.368 e. The number of hydrogen-bond acceptors (Lipinski definition) is 4. The summed E-state index contributed by atoms with van der Waals surface area (Å²) in [5, 5.41) is 1.40. The van der Waals surface area contributed by atoms with Crippen LogP contribution in [-0.2, 0) is 9.59 Å². The molecule has 4 rings (SSSR count). The number of nitrogens with zero attached hydrogens (tertiary/aromatic N) is 3. The molecule has 3 fully saturated rings. The zero-order valence-electron chi connectivity index (χ0n) is 17.5. The SMILES string of the molecule is O=C1CC2(CCCCCC2)CC(=O)N1CCN1CCN(c2cc(Cl)ccc2Cl)CC1. The summed E-state index contributed by atoms with van der Waals surface area (Å²) in [7, 11) is 0. The minimum absolute atomic E-state index is 0.0393. The van der Waals surface area contributed by atoms with Crippen molar-refractivity contribution in [2.45, 2.75) is 51.4 Å². The molecule has 0 radical (unpaired) electrons. The summed E-state index contributed by atoms with van der Waals surface area (Å²) in [6, 6.07) is 5.55. The lowest BCUT2D eigenvalue weighted by atomic mass is 9.72. The number of carbonyl (C=O) groups excluding carboxylic acids is 2. The van der Waals surface area contributed by atoms with Crippen molar-refractivity contribution in [2.24, 2.45) is 5.41 Å². The molecule has 0 bridgehead atoms. The van der Waals surface area contributed by atoms with Crippen molar-refractivity contribution >= 4 is 40.7 Å². The summed E-state index contributed by atoms with van der Waals surface area (Å²) >= 11 is 12.5. The van der Waals surface area contributed by atoms with E-state index in [1.54, 1.807) is 6.07 Å². The minimum atomic E-state index is -0.0526. The van der Waals surface area contributed by atoms with Gasteiger partial charge in [0, 0.05) is 57.1 Å². The summed E-state index contributed by atoms with van der Waals surface area (Å²) in [4.78, 5) is 31.7. The molecule has 1 aromatic rings. The topological polar surface area (TPSA) is 43.9 Å². The second-order valence-electron chi connectivity index (χ2n) is 9.13. The monoisotopic (exact) mass is 451 g/mol. The van der Waals surface area contributed by atoms with Crippen LogP contribution in [0.1, 0.15) is 51.4 Å². The van der Waals surface area contributed by atoms with Gasteiger partial charge in [-0.05, 0) is 36.5 Å². The van der Waals surface area contributed by atoms with E-state index >= 15 is 0 Å². The summed E-state index contributed by atoms with van der Waals surface area (Å²) in [6.45, 7) is 4.70. The number of rotatable bonds is 4. The molecule has 0 aromatic heterocycles. The molecule has 5 nitrogen and oxygen atoms in total. The molecule has 3 aliphatic rings. The average Bonchev–Trinajstić information content (AvgIpc) is 2.95. The van der Waals surface area contributed by atoms with E-state index in [0.29, 0.717) is 29.4 Å². The molecule has 2 aliphatic heterocycles. The second kappa shape index (κ2) is 9.46. The third-order valence-corrected chi connectivity index (χ3v) is 7.63. The van der Waals surface area contributed by atoms with Gasteiger partial charge in [0.05, 0.1) is 10.7 Å². The average molecular weight is 452 g/mol. The van der Waals surface area contributed by atoms with Crippen LogP contribution in [-0.4, -0.2) is 60.9 Å². The van der Waals surface area contributed by atoms with Crippen LogP contribution in [0.3, 0.4) is 0 Å². The number of benzene rings is 1. The number of halogens is 2. The Morgan fingerprint density at radius 3 is 2.10 bits per heavy atom. The molecule has 1 aromatic carbocycles. The molecule has 1 spiro atoms. The first-order chi connectivity index (χ1) is 14.5. The van der Waals surface area contributed by atoms with E-state index in [-0.39, 0.29) is 17.2 Å². The zero-order chi connectivity index (χ0) is 21.1. The van der Waals surface area contributed by atoms with Crippen molar-refractivity contribution in [1.29, 1.82) is 0 Å². The fourth-order valence-corrected chi connectivity index (χ4v) is 5.70. The van der Waals surface area contributed by atoms with E-state index < -0.39 is 0 Å². The van der Waals surface area contributed by atoms with E-state index in [2.05, 4.69) is 9.80 Å². The molecule has 0 atom stereocenters. The van der Waals surface area contributed by atoms with Crippen LogP contribution in [0.5, 0.6) is 0 Å². The Labute approximate surface area is 189 Å². The van der Waals surface area contributed by atoms with Crippen molar-refractivity contribution in [1.82, 2.24) is 9.80 Å². The van der Waals surface area contributed by atoms with Crippen LogP contribution in [0.2, 0.25) is 10.0 Å². The number of hydrogen-bond donors (Lipinski definition) is 0. The van der Waals surface area contributed by atoms with Crippen molar-refractivity contribution in [2.75, 3.05) is 44.2 Å². The molecule has 0 N–H and O–H groups in total. The van der Waals surface area contributed by atoms with Crippen LogP contribution in [0.15, 0.2) is 18.2 Å². The number of likely N-dealkylation sites (tertiary alicyclic amines) is 1. The normalized spacial score (nSPS) is 23.1. The fourth-order valence-electron chi connectivity index (χ4n) is 5.30. The molecule has 30 heavy (non-hydrogen) atoms. The van der Waals surface area contributed by atoms with E-state index in [4.69, 9.17) is 23.2 Å². The van der Waals surface area contributed by atoms with E-state index in [9.17, 15) is 9.59 Å². The molecule has 0 unspecified atom stereocenters. The zero-order valence-corrected chi connectivity index (χ0v) is 19.1. The highest BCUT2D eigenvalue weighted by Gasteiger charge is 2.43.